The molecule has 7 heteroatoms. The van der Waals surface area contributed by atoms with Crippen LogP contribution in [0.5, 0.6) is 5.75 Å². The van der Waals surface area contributed by atoms with Crippen molar-refractivity contribution in [2.75, 3.05) is 6.54 Å². The van der Waals surface area contributed by atoms with Crippen LogP contribution in [0.15, 0.2) is 24.3 Å². The van der Waals surface area contributed by atoms with Gasteiger partial charge >= 0.3 is 0 Å². The molecule has 2 heterocycles. The molecule has 23 heavy (non-hydrogen) atoms. The molecule has 1 aliphatic rings. The predicted octanol–water partition coefficient (Wildman–Crippen LogP) is 1.80. The highest BCUT2D eigenvalue weighted by molar-refractivity contribution is 5.94. The normalized spacial score (nSPS) is 18.0. The van der Waals surface area contributed by atoms with Crippen LogP contribution >= 0.6 is 0 Å². The number of piperidine rings is 1. The minimum absolute atomic E-state index is 0.0984. The number of hydrogen-bond acceptors (Lipinski definition) is 5. The van der Waals surface area contributed by atoms with E-state index in [-0.39, 0.29) is 5.91 Å². The van der Waals surface area contributed by atoms with Crippen molar-refractivity contribution in [2.24, 2.45) is 7.05 Å². The Hall–Kier alpha value is -2.44. The van der Waals surface area contributed by atoms with Crippen LogP contribution in [0.25, 0.3) is 0 Å². The molecule has 7 nitrogen and oxygen atoms in total. The number of ether oxygens (including phenoxy) is 1. The molecule has 0 radical (unpaired) electrons. The van der Waals surface area contributed by atoms with Crippen LogP contribution in [-0.4, -0.2) is 43.6 Å². The maximum Gasteiger partial charge on any atom is 0.254 e. The SMILES string of the molecule is C[C@@H]1CCCCN1C(=O)c1ccc(OCc2nnnn2C)cc1. The summed E-state index contributed by atoms with van der Waals surface area (Å²) in [5.74, 6) is 1.43. The Bertz CT molecular complexity index is 667. The summed E-state index contributed by atoms with van der Waals surface area (Å²) in [7, 11) is 1.76. The largest absolute Gasteiger partial charge is 0.486 e. The van der Waals surface area contributed by atoms with Crippen LogP contribution in [0.3, 0.4) is 0 Å². The fraction of sp³-hybridized carbons (Fsp3) is 0.500. The van der Waals surface area contributed by atoms with Crippen molar-refractivity contribution in [3.8, 4) is 5.75 Å². The van der Waals surface area contributed by atoms with E-state index in [9.17, 15) is 4.79 Å². The van der Waals surface area contributed by atoms with E-state index in [1.54, 1.807) is 11.7 Å². The lowest BCUT2D eigenvalue weighted by atomic mass is 10.0. The molecule has 0 bridgehead atoms. The summed E-state index contributed by atoms with van der Waals surface area (Å²) >= 11 is 0. The summed E-state index contributed by atoms with van der Waals surface area (Å²) in [6.45, 7) is 3.25. The summed E-state index contributed by atoms with van der Waals surface area (Å²) in [5, 5.41) is 11.2. The zero-order chi connectivity index (χ0) is 16.2. The summed E-state index contributed by atoms with van der Waals surface area (Å²) in [6, 6.07) is 7.56. The van der Waals surface area contributed by atoms with Gasteiger partial charge in [-0.2, -0.15) is 0 Å². The maximum atomic E-state index is 12.6. The van der Waals surface area contributed by atoms with Gasteiger partial charge in [0.05, 0.1) is 0 Å². The van der Waals surface area contributed by atoms with E-state index in [0.717, 1.165) is 19.4 Å². The molecule has 0 saturated carbocycles. The number of aromatic nitrogens is 4. The van der Waals surface area contributed by atoms with E-state index in [4.69, 9.17) is 4.74 Å². The molecule has 1 amide bonds. The fourth-order valence-electron chi connectivity index (χ4n) is 2.78. The molecule has 0 spiro atoms. The number of aryl methyl sites for hydroxylation is 1. The smallest absolute Gasteiger partial charge is 0.254 e. The van der Waals surface area contributed by atoms with Gasteiger partial charge in [0.15, 0.2) is 5.82 Å². The van der Waals surface area contributed by atoms with E-state index >= 15 is 0 Å². The summed E-state index contributed by atoms with van der Waals surface area (Å²) in [5.41, 5.74) is 0.700. The molecule has 1 aliphatic heterocycles. The third-order valence-corrected chi connectivity index (χ3v) is 4.24. The van der Waals surface area contributed by atoms with E-state index in [1.165, 1.54) is 6.42 Å². The van der Waals surface area contributed by atoms with Gasteiger partial charge in [-0.15, -0.1) is 5.10 Å². The van der Waals surface area contributed by atoms with Crippen LogP contribution in [0, 0.1) is 0 Å². The number of amides is 1. The Balaban J connectivity index is 1.62. The number of tetrazole rings is 1. The van der Waals surface area contributed by atoms with Gasteiger partial charge in [0.1, 0.15) is 12.4 Å². The molecule has 1 aromatic heterocycles. The van der Waals surface area contributed by atoms with Gasteiger partial charge in [-0.3, -0.25) is 4.79 Å². The lowest BCUT2D eigenvalue weighted by Crippen LogP contribution is -2.41. The molecule has 1 atom stereocenters. The zero-order valence-electron chi connectivity index (χ0n) is 13.5. The van der Waals surface area contributed by atoms with Gasteiger partial charge in [-0.1, -0.05) is 0 Å². The fourth-order valence-corrected chi connectivity index (χ4v) is 2.78. The second kappa shape index (κ2) is 6.76. The minimum atomic E-state index is 0.0984. The molecule has 0 aliphatic carbocycles. The average molecular weight is 315 g/mol. The molecule has 122 valence electrons. The van der Waals surface area contributed by atoms with Crippen molar-refractivity contribution in [3.63, 3.8) is 0 Å². The molecule has 1 saturated heterocycles. The highest BCUT2D eigenvalue weighted by Gasteiger charge is 2.24. The first-order valence-corrected chi connectivity index (χ1v) is 7.90. The Labute approximate surface area is 135 Å². The quantitative estimate of drug-likeness (QED) is 0.860. The van der Waals surface area contributed by atoms with Crippen molar-refractivity contribution >= 4 is 5.91 Å². The van der Waals surface area contributed by atoms with Crippen molar-refractivity contribution in [1.29, 1.82) is 0 Å². The van der Waals surface area contributed by atoms with Crippen LogP contribution in [0.4, 0.5) is 0 Å². The molecule has 1 fully saturated rings. The third kappa shape index (κ3) is 3.49. The lowest BCUT2D eigenvalue weighted by molar-refractivity contribution is 0.0635. The highest BCUT2D eigenvalue weighted by atomic mass is 16.5. The van der Waals surface area contributed by atoms with E-state index < -0.39 is 0 Å². The standard InChI is InChI=1S/C16H21N5O2/c1-12-5-3-4-10-21(12)16(22)13-6-8-14(9-7-13)23-11-15-17-18-19-20(15)2/h6-9,12H,3-5,10-11H2,1-2H3/t12-/m1/s1. The van der Waals surface area contributed by atoms with Gasteiger partial charge < -0.3 is 9.64 Å². The van der Waals surface area contributed by atoms with Gasteiger partial charge in [0.2, 0.25) is 0 Å². The number of nitrogens with zero attached hydrogens (tertiary/aromatic N) is 5. The molecule has 3 rings (SSSR count). The van der Waals surface area contributed by atoms with Crippen LogP contribution in [-0.2, 0) is 13.7 Å². The molecule has 1 aromatic carbocycles. The Morgan fingerprint density at radius 2 is 2.09 bits per heavy atom. The number of carbonyl (C=O) groups excluding carboxylic acids is 1. The van der Waals surface area contributed by atoms with Crippen molar-refractivity contribution < 1.29 is 9.53 Å². The molecule has 0 unspecified atom stereocenters. The Morgan fingerprint density at radius 3 is 2.74 bits per heavy atom. The summed E-state index contributed by atoms with van der Waals surface area (Å²) < 4.78 is 7.21. The first kappa shape index (κ1) is 15.5. The number of carbonyl (C=O) groups is 1. The van der Waals surface area contributed by atoms with E-state index in [0.29, 0.717) is 29.8 Å². The monoisotopic (exact) mass is 315 g/mol. The summed E-state index contributed by atoms with van der Waals surface area (Å²) in [4.78, 5) is 14.5. The van der Waals surface area contributed by atoms with Crippen molar-refractivity contribution in [2.45, 2.75) is 38.8 Å². The number of likely N-dealkylation sites (tertiary alicyclic amines) is 1. The number of benzene rings is 1. The average Bonchev–Trinajstić information content (AvgIpc) is 2.98. The molecular formula is C16H21N5O2. The van der Waals surface area contributed by atoms with Gasteiger partial charge in [-0.05, 0) is 60.9 Å². The van der Waals surface area contributed by atoms with E-state index in [1.807, 2.05) is 29.2 Å². The number of rotatable bonds is 4. The second-order valence-electron chi connectivity index (χ2n) is 5.88. The lowest BCUT2D eigenvalue weighted by Gasteiger charge is -2.33. The number of hydrogen-bond donors (Lipinski definition) is 0. The Morgan fingerprint density at radius 1 is 1.30 bits per heavy atom. The first-order chi connectivity index (χ1) is 11.1. The van der Waals surface area contributed by atoms with Gasteiger partial charge in [-0.25, -0.2) is 4.68 Å². The first-order valence-electron chi connectivity index (χ1n) is 7.90. The molecule has 0 N–H and O–H groups in total. The highest BCUT2D eigenvalue weighted by Crippen LogP contribution is 2.20. The molecule has 2 aromatic rings. The van der Waals surface area contributed by atoms with E-state index in [2.05, 4.69) is 22.4 Å². The Kier molecular flexibility index (Phi) is 4.55. The predicted molar refractivity (Wildman–Crippen MR) is 83.9 cm³/mol. The topological polar surface area (TPSA) is 73.1 Å². The molecular weight excluding hydrogens is 294 g/mol. The zero-order valence-corrected chi connectivity index (χ0v) is 13.5. The second-order valence-corrected chi connectivity index (χ2v) is 5.88. The third-order valence-electron chi connectivity index (χ3n) is 4.24. The van der Waals surface area contributed by atoms with Crippen LogP contribution < -0.4 is 4.74 Å². The van der Waals surface area contributed by atoms with Crippen LogP contribution in [0.1, 0.15) is 42.4 Å². The summed E-state index contributed by atoms with van der Waals surface area (Å²) in [6.07, 6.45) is 3.37. The minimum Gasteiger partial charge on any atom is -0.486 e. The van der Waals surface area contributed by atoms with Crippen LogP contribution in [0.2, 0.25) is 0 Å². The van der Waals surface area contributed by atoms with Crippen molar-refractivity contribution in [1.82, 2.24) is 25.1 Å². The van der Waals surface area contributed by atoms with Gasteiger partial charge in [0, 0.05) is 25.2 Å². The maximum absolute atomic E-state index is 12.6. The van der Waals surface area contributed by atoms with Crippen molar-refractivity contribution in [3.05, 3.63) is 35.7 Å². The van der Waals surface area contributed by atoms with Gasteiger partial charge in [0.25, 0.3) is 5.91 Å².